The minimum atomic E-state index is -0.321. The molecule has 0 unspecified atom stereocenters. The van der Waals surface area contributed by atoms with Crippen LogP contribution in [0.2, 0.25) is 0 Å². The molecule has 15 heavy (non-hydrogen) atoms. The average Bonchev–Trinajstić information content (AvgIpc) is 2.24. The number of pyridine rings is 1. The molecule has 5 heteroatoms. The van der Waals surface area contributed by atoms with E-state index in [1.165, 1.54) is 0 Å². The predicted octanol–water partition coefficient (Wildman–Crippen LogP) is 0.631. The number of nitrogens with two attached hydrogens (primary N) is 1. The SMILES string of the molecule is N#Cc1cccnc1NCCCC(N)=O. The number of hydrogen-bond donors (Lipinski definition) is 2. The third kappa shape index (κ3) is 3.65. The molecule has 78 valence electrons. The topological polar surface area (TPSA) is 91.8 Å². The lowest BCUT2D eigenvalue weighted by atomic mass is 10.2. The Bertz CT molecular complexity index is 383. The van der Waals surface area contributed by atoms with Crippen molar-refractivity contribution >= 4 is 11.7 Å². The Morgan fingerprint density at radius 3 is 3.13 bits per heavy atom. The number of hydrogen-bond acceptors (Lipinski definition) is 4. The molecular weight excluding hydrogens is 192 g/mol. The van der Waals surface area contributed by atoms with Crippen LogP contribution in [-0.2, 0) is 4.79 Å². The van der Waals surface area contributed by atoms with Crippen LogP contribution in [-0.4, -0.2) is 17.4 Å². The van der Waals surface area contributed by atoms with Crippen LogP contribution >= 0.6 is 0 Å². The Morgan fingerprint density at radius 1 is 1.67 bits per heavy atom. The summed E-state index contributed by atoms with van der Waals surface area (Å²) in [6.45, 7) is 0.578. The van der Waals surface area contributed by atoms with Crippen molar-refractivity contribution in [3.63, 3.8) is 0 Å². The third-order valence-electron chi connectivity index (χ3n) is 1.82. The molecule has 5 nitrogen and oxygen atoms in total. The smallest absolute Gasteiger partial charge is 0.217 e. The Morgan fingerprint density at radius 2 is 2.47 bits per heavy atom. The fourth-order valence-electron chi connectivity index (χ4n) is 1.11. The van der Waals surface area contributed by atoms with Crippen molar-refractivity contribution in [2.45, 2.75) is 12.8 Å². The molecule has 0 saturated carbocycles. The first-order chi connectivity index (χ1) is 7.24. The number of primary amides is 1. The van der Waals surface area contributed by atoms with Crippen LogP contribution in [0.3, 0.4) is 0 Å². The summed E-state index contributed by atoms with van der Waals surface area (Å²) < 4.78 is 0. The van der Waals surface area contributed by atoms with E-state index in [4.69, 9.17) is 11.0 Å². The Labute approximate surface area is 87.9 Å². The first-order valence-electron chi connectivity index (χ1n) is 4.61. The van der Waals surface area contributed by atoms with Crippen molar-refractivity contribution in [3.8, 4) is 6.07 Å². The predicted molar refractivity (Wildman–Crippen MR) is 55.9 cm³/mol. The van der Waals surface area contributed by atoms with E-state index in [1.54, 1.807) is 18.3 Å². The molecule has 0 aliphatic carbocycles. The minimum Gasteiger partial charge on any atom is -0.370 e. The number of rotatable bonds is 5. The summed E-state index contributed by atoms with van der Waals surface area (Å²) in [5.41, 5.74) is 5.49. The van der Waals surface area contributed by atoms with Crippen LogP contribution in [0.15, 0.2) is 18.3 Å². The number of amides is 1. The summed E-state index contributed by atoms with van der Waals surface area (Å²) in [4.78, 5) is 14.5. The van der Waals surface area contributed by atoms with Gasteiger partial charge in [-0.15, -0.1) is 0 Å². The normalized spacial score (nSPS) is 9.27. The van der Waals surface area contributed by atoms with E-state index < -0.39 is 0 Å². The molecule has 0 fully saturated rings. The van der Waals surface area contributed by atoms with Crippen molar-refractivity contribution in [2.24, 2.45) is 5.73 Å². The van der Waals surface area contributed by atoms with Gasteiger partial charge in [0.05, 0.1) is 5.56 Å². The van der Waals surface area contributed by atoms with Crippen LogP contribution in [0.4, 0.5) is 5.82 Å². The first kappa shape index (κ1) is 11.0. The molecular formula is C10H12N4O. The van der Waals surface area contributed by atoms with Gasteiger partial charge >= 0.3 is 0 Å². The van der Waals surface area contributed by atoms with Crippen molar-refractivity contribution < 1.29 is 4.79 Å². The second kappa shape index (κ2) is 5.60. The number of carbonyl (C=O) groups is 1. The zero-order valence-electron chi connectivity index (χ0n) is 8.23. The number of aromatic nitrogens is 1. The molecule has 1 aromatic heterocycles. The molecule has 0 atom stereocenters. The molecule has 1 aromatic rings. The fourth-order valence-corrected chi connectivity index (χ4v) is 1.11. The van der Waals surface area contributed by atoms with Gasteiger partial charge in [0.25, 0.3) is 0 Å². The van der Waals surface area contributed by atoms with Crippen LogP contribution in [0, 0.1) is 11.3 Å². The van der Waals surface area contributed by atoms with Gasteiger partial charge in [0, 0.05) is 19.2 Å². The van der Waals surface area contributed by atoms with E-state index in [0.717, 1.165) is 0 Å². The summed E-state index contributed by atoms with van der Waals surface area (Å²) in [5, 5.41) is 11.7. The van der Waals surface area contributed by atoms with Crippen molar-refractivity contribution in [2.75, 3.05) is 11.9 Å². The van der Waals surface area contributed by atoms with Crippen molar-refractivity contribution in [1.82, 2.24) is 4.98 Å². The molecule has 0 aromatic carbocycles. The number of carbonyl (C=O) groups excluding carboxylic acids is 1. The van der Waals surface area contributed by atoms with Crippen LogP contribution in [0.5, 0.6) is 0 Å². The summed E-state index contributed by atoms with van der Waals surface area (Å²) in [5.74, 6) is 0.225. The van der Waals surface area contributed by atoms with E-state index in [2.05, 4.69) is 10.3 Å². The first-order valence-corrected chi connectivity index (χ1v) is 4.61. The van der Waals surface area contributed by atoms with E-state index >= 15 is 0 Å². The Hall–Kier alpha value is -2.09. The fraction of sp³-hybridized carbons (Fsp3) is 0.300. The highest BCUT2D eigenvalue weighted by Gasteiger charge is 2.01. The molecule has 0 saturated heterocycles. The van der Waals surface area contributed by atoms with E-state index in [1.807, 2.05) is 6.07 Å². The second-order valence-electron chi connectivity index (χ2n) is 3.01. The summed E-state index contributed by atoms with van der Waals surface area (Å²) >= 11 is 0. The third-order valence-corrected chi connectivity index (χ3v) is 1.82. The molecule has 3 N–H and O–H groups in total. The van der Waals surface area contributed by atoms with Crippen LogP contribution in [0.25, 0.3) is 0 Å². The summed E-state index contributed by atoms with van der Waals surface area (Å²) in [7, 11) is 0. The van der Waals surface area contributed by atoms with Gasteiger partial charge in [0.15, 0.2) is 0 Å². The molecule has 1 amide bonds. The Kier molecular flexibility index (Phi) is 4.10. The maximum absolute atomic E-state index is 10.5. The van der Waals surface area contributed by atoms with Gasteiger partial charge in [-0.2, -0.15) is 5.26 Å². The summed E-state index contributed by atoms with van der Waals surface area (Å²) in [6, 6.07) is 5.41. The maximum Gasteiger partial charge on any atom is 0.217 e. The van der Waals surface area contributed by atoms with Gasteiger partial charge in [-0.25, -0.2) is 4.98 Å². The lowest BCUT2D eigenvalue weighted by Gasteiger charge is -2.05. The van der Waals surface area contributed by atoms with Gasteiger partial charge in [0.2, 0.25) is 5.91 Å². The van der Waals surface area contributed by atoms with E-state index in [9.17, 15) is 4.79 Å². The van der Waals surface area contributed by atoms with Gasteiger partial charge in [-0.3, -0.25) is 4.79 Å². The Balaban J connectivity index is 2.44. The zero-order valence-corrected chi connectivity index (χ0v) is 8.23. The lowest BCUT2D eigenvalue weighted by molar-refractivity contribution is -0.118. The van der Waals surface area contributed by atoms with Gasteiger partial charge in [-0.1, -0.05) is 0 Å². The van der Waals surface area contributed by atoms with Gasteiger partial charge in [-0.05, 0) is 18.6 Å². The van der Waals surface area contributed by atoms with Crippen molar-refractivity contribution in [3.05, 3.63) is 23.9 Å². The molecule has 0 aliphatic rings. The van der Waals surface area contributed by atoms with Crippen molar-refractivity contribution in [1.29, 1.82) is 5.26 Å². The van der Waals surface area contributed by atoms with Crippen LogP contribution in [0.1, 0.15) is 18.4 Å². The highest BCUT2D eigenvalue weighted by molar-refractivity contribution is 5.73. The standard InChI is InChI=1S/C10H12N4O/c11-7-8-3-1-5-13-10(8)14-6-2-4-9(12)15/h1,3,5H,2,4,6H2,(H2,12,15)(H,13,14). The molecule has 0 bridgehead atoms. The molecule has 0 aliphatic heterocycles. The van der Waals surface area contributed by atoms with Gasteiger partial charge in [0.1, 0.15) is 11.9 Å². The van der Waals surface area contributed by atoms with Crippen LogP contribution < -0.4 is 11.1 Å². The number of nitrogens with zero attached hydrogens (tertiary/aromatic N) is 2. The lowest BCUT2D eigenvalue weighted by Crippen LogP contribution is -2.13. The number of nitriles is 1. The quantitative estimate of drug-likeness (QED) is 0.688. The minimum absolute atomic E-state index is 0.321. The monoisotopic (exact) mass is 204 g/mol. The van der Waals surface area contributed by atoms with Gasteiger partial charge < -0.3 is 11.1 Å². The van der Waals surface area contributed by atoms with E-state index in [-0.39, 0.29) is 5.91 Å². The second-order valence-corrected chi connectivity index (χ2v) is 3.01. The molecule has 0 spiro atoms. The number of nitrogens with one attached hydrogen (secondary N) is 1. The molecule has 0 radical (unpaired) electrons. The highest BCUT2D eigenvalue weighted by Crippen LogP contribution is 2.09. The average molecular weight is 204 g/mol. The molecule has 1 heterocycles. The van der Waals surface area contributed by atoms with E-state index in [0.29, 0.717) is 30.8 Å². The maximum atomic E-state index is 10.5. The molecule has 1 rings (SSSR count). The summed E-state index contributed by atoms with van der Waals surface area (Å²) in [6.07, 6.45) is 2.58. The zero-order chi connectivity index (χ0) is 11.1. The highest BCUT2D eigenvalue weighted by atomic mass is 16.1. The number of anilines is 1. The largest absolute Gasteiger partial charge is 0.370 e.